The molecule has 0 atom stereocenters. The highest BCUT2D eigenvalue weighted by atomic mass is 15.3. The van der Waals surface area contributed by atoms with E-state index in [1.54, 1.807) is 0 Å². The van der Waals surface area contributed by atoms with E-state index in [-0.39, 0.29) is 0 Å². The van der Waals surface area contributed by atoms with Crippen LogP contribution in [-0.2, 0) is 6.54 Å². The average molecular weight is 209 g/mol. The Balaban J connectivity index is 2.34. The Morgan fingerprint density at radius 3 is 2.27 bits per heavy atom. The maximum Gasteiger partial charge on any atom is 0.0625 e. The molecule has 0 spiro atoms. The van der Waals surface area contributed by atoms with E-state index in [1.807, 2.05) is 0 Å². The van der Waals surface area contributed by atoms with Crippen molar-refractivity contribution in [1.82, 2.24) is 9.78 Å². The van der Waals surface area contributed by atoms with Gasteiger partial charge in [0, 0.05) is 12.2 Å². The third-order valence-corrected chi connectivity index (χ3v) is 3.07. The minimum atomic E-state index is 0.818. The molecular weight excluding hydrogens is 186 g/mol. The van der Waals surface area contributed by atoms with Gasteiger partial charge in [-0.1, -0.05) is 12.8 Å². The summed E-state index contributed by atoms with van der Waals surface area (Å²) in [5.41, 5.74) is 9.26. The van der Waals surface area contributed by atoms with Gasteiger partial charge in [0.2, 0.25) is 0 Å². The first-order valence-electron chi connectivity index (χ1n) is 5.87. The molecule has 0 aliphatic carbocycles. The summed E-state index contributed by atoms with van der Waals surface area (Å²) in [6.07, 6.45) is 4.86. The molecule has 1 rings (SSSR count). The van der Waals surface area contributed by atoms with Crippen molar-refractivity contribution in [3.05, 3.63) is 17.0 Å². The van der Waals surface area contributed by atoms with Gasteiger partial charge in [0.15, 0.2) is 0 Å². The van der Waals surface area contributed by atoms with Crippen LogP contribution < -0.4 is 5.73 Å². The normalized spacial score (nSPS) is 10.9. The first-order chi connectivity index (χ1) is 7.16. The van der Waals surface area contributed by atoms with Crippen LogP contribution >= 0.6 is 0 Å². The van der Waals surface area contributed by atoms with Gasteiger partial charge in [-0.15, -0.1) is 0 Å². The summed E-state index contributed by atoms with van der Waals surface area (Å²) < 4.78 is 2.13. The monoisotopic (exact) mass is 209 g/mol. The number of nitrogens with zero attached hydrogens (tertiary/aromatic N) is 2. The molecule has 3 nitrogen and oxygen atoms in total. The van der Waals surface area contributed by atoms with Gasteiger partial charge in [-0.2, -0.15) is 5.10 Å². The molecule has 0 aromatic carbocycles. The van der Waals surface area contributed by atoms with Crippen LogP contribution in [-0.4, -0.2) is 16.3 Å². The number of unbranched alkanes of at least 4 members (excludes halogenated alkanes) is 3. The van der Waals surface area contributed by atoms with Crippen molar-refractivity contribution in [3.8, 4) is 0 Å². The number of rotatable bonds is 6. The molecule has 0 saturated carbocycles. The van der Waals surface area contributed by atoms with Crippen molar-refractivity contribution < 1.29 is 0 Å². The third kappa shape index (κ3) is 3.34. The van der Waals surface area contributed by atoms with Crippen LogP contribution in [0.2, 0.25) is 0 Å². The Bertz CT molecular complexity index is 302. The van der Waals surface area contributed by atoms with E-state index >= 15 is 0 Å². The molecule has 15 heavy (non-hydrogen) atoms. The lowest BCUT2D eigenvalue weighted by molar-refractivity contribution is 0.525. The summed E-state index contributed by atoms with van der Waals surface area (Å²) in [5.74, 6) is 0. The number of hydrogen-bond acceptors (Lipinski definition) is 2. The highest BCUT2D eigenvalue weighted by Crippen LogP contribution is 2.12. The second-order valence-corrected chi connectivity index (χ2v) is 4.22. The maximum atomic E-state index is 5.45. The molecule has 0 aliphatic heterocycles. The summed E-state index contributed by atoms with van der Waals surface area (Å²) >= 11 is 0. The van der Waals surface area contributed by atoms with Crippen molar-refractivity contribution in [3.63, 3.8) is 0 Å². The molecule has 1 heterocycles. The molecule has 86 valence electrons. The van der Waals surface area contributed by atoms with E-state index in [1.165, 1.54) is 30.5 Å². The van der Waals surface area contributed by atoms with Gasteiger partial charge in [-0.3, -0.25) is 4.68 Å². The van der Waals surface area contributed by atoms with Crippen LogP contribution in [0.25, 0.3) is 0 Å². The Kier molecular flexibility index (Phi) is 4.82. The third-order valence-electron chi connectivity index (χ3n) is 3.07. The quantitative estimate of drug-likeness (QED) is 0.731. The molecule has 2 N–H and O–H groups in total. The highest BCUT2D eigenvalue weighted by molar-refractivity contribution is 5.21. The Morgan fingerprint density at radius 1 is 1.07 bits per heavy atom. The van der Waals surface area contributed by atoms with E-state index in [4.69, 9.17) is 5.73 Å². The smallest absolute Gasteiger partial charge is 0.0625 e. The lowest BCUT2D eigenvalue weighted by atomic mass is 10.2. The van der Waals surface area contributed by atoms with Crippen LogP contribution in [0.3, 0.4) is 0 Å². The number of aromatic nitrogens is 2. The minimum Gasteiger partial charge on any atom is -0.330 e. The zero-order valence-electron chi connectivity index (χ0n) is 10.2. The molecule has 1 aromatic heterocycles. The molecule has 0 radical (unpaired) electrons. The SMILES string of the molecule is Cc1nn(CCCCCCN)c(C)c1C. The Labute approximate surface area is 92.7 Å². The van der Waals surface area contributed by atoms with Gasteiger partial charge in [0.25, 0.3) is 0 Å². The van der Waals surface area contributed by atoms with Gasteiger partial charge >= 0.3 is 0 Å². The van der Waals surface area contributed by atoms with Crippen LogP contribution in [0.1, 0.15) is 42.6 Å². The Morgan fingerprint density at radius 2 is 1.73 bits per heavy atom. The van der Waals surface area contributed by atoms with Gasteiger partial charge in [-0.25, -0.2) is 0 Å². The van der Waals surface area contributed by atoms with Gasteiger partial charge < -0.3 is 5.73 Å². The van der Waals surface area contributed by atoms with Crippen molar-refractivity contribution in [2.45, 2.75) is 53.0 Å². The van der Waals surface area contributed by atoms with Crippen molar-refractivity contribution in [2.75, 3.05) is 6.54 Å². The van der Waals surface area contributed by atoms with E-state index in [0.29, 0.717) is 0 Å². The average Bonchev–Trinajstić information content (AvgIpc) is 2.46. The summed E-state index contributed by atoms with van der Waals surface area (Å²) in [7, 11) is 0. The minimum absolute atomic E-state index is 0.818. The fourth-order valence-corrected chi connectivity index (χ4v) is 1.76. The van der Waals surface area contributed by atoms with Crippen molar-refractivity contribution >= 4 is 0 Å². The number of nitrogens with two attached hydrogens (primary N) is 1. The number of hydrogen-bond donors (Lipinski definition) is 1. The lowest BCUT2D eigenvalue weighted by Gasteiger charge is -2.04. The largest absolute Gasteiger partial charge is 0.330 e. The molecule has 1 aromatic rings. The molecule has 0 amide bonds. The van der Waals surface area contributed by atoms with Gasteiger partial charge in [0.05, 0.1) is 5.69 Å². The molecule has 0 unspecified atom stereocenters. The zero-order valence-corrected chi connectivity index (χ0v) is 10.2. The van der Waals surface area contributed by atoms with Crippen molar-refractivity contribution in [2.24, 2.45) is 5.73 Å². The fourth-order valence-electron chi connectivity index (χ4n) is 1.76. The first kappa shape index (κ1) is 12.2. The standard InChI is InChI=1S/C12H23N3/c1-10-11(2)14-15(12(10)3)9-7-5-4-6-8-13/h4-9,13H2,1-3H3. The summed E-state index contributed by atoms with van der Waals surface area (Å²) in [6, 6.07) is 0. The molecule has 3 heteroatoms. The van der Waals surface area contributed by atoms with E-state index in [9.17, 15) is 0 Å². The molecule has 0 fully saturated rings. The molecular formula is C12H23N3. The zero-order chi connectivity index (χ0) is 11.3. The van der Waals surface area contributed by atoms with Crippen LogP contribution in [0, 0.1) is 20.8 Å². The second-order valence-electron chi connectivity index (χ2n) is 4.22. The molecule has 0 aliphatic rings. The van der Waals surface area contributed by atoms with Crippen LogP contribution in [0.15, 0.2) is 0 Å². The Hall–Kier alpha value is -0.830. The van der Waals surface area contributed by atoms with E-state index in [2.05, 4.69) is 30.6 Å². The molecule has 0 saturated heterocycles. The topological polar surface area (TPSA) is 43.8 Å². The predicted octanol–water partition coefficient (Wildman–Crippen LogP) is 2.33. The van der Waals surface area contributed by atoms with E-state index in [0.717, 1.165) is 25.2 Å². The predicted molar refractivity (Wildman–Crippen MR) is 64.0 cm³/mol. The van der Waals surface area contributed by atoms with E-state index < -0.39 is 0 Å². The highest BCUT2D eigenvalue weighted by Gasteiger charge is 2.05. The summed E-state index contributed by atoms with van der Waals surface area (Å²) in [5, 5.41) is 4.52. The van der Waals surface area contributed by atoms with Crippen LogP contribution in [0.4, 0.5) is 0 Å². The fraction of sp³-hybridized carbons (Fsp3) is 0.750. The summed E-state index contributed by atoms with van der Waals surface area (Å²) in [4.78, 5) is 0. The van der Waals surface area contributed by atoms with Gasteiger partial charge in [0.1, 0.15) is 0 Å². The van der Waals surface area contributed by atoms with Crippen LogP contribution in [0.5, 0.6) is 0 Å². The van der Waals surface area contributed by atoms with Crippen molar-refractivity contribution in [1.29, 1.82) is 0 Å². The number of aryl methyl sites for hydroxylation is 2. The lowest BCUT2D eigenvalue weighted by Crippen LogP contribution is -2.03. The molecule has 0 bridgehead atoms. The summed E-state index contributed by atoms with van der Waals surface area (Å²) in [6.45, 7) is 8.23. The maximum absolute atomic E-state index is 5.45. The first-order valence-corrected chi connectivity index (χ1v) is 5.87. The van der Waals surface area contributed by atoms with Gasteiger partial charge in [-0.05, 0) is 45.7 Å². The second kappa shape index (κ2) is 5.91.